The fourth-order valence-corrected chi connectivity index (χ4v) is 3.57. The van der Waals surface area contributed by atoms with Gasteiger partial charge in [-0.2, -0.15) is 5.10 Å². The summed E-state index contributed by atoms with van der Waals surface area (Å²) in [4.78, 5) is 18.6. The highest BCUT2D eigenvalue weighted by atomic mass is 28.3. The standard InChI is InChI=1S/C22H23N4O3Si/c1-30(2)12-11-28-15-26-20(9-10-24-26)17-4-8-22(23-14-17)29-18-5-6-19-16(13-18)3-7-21(27)25-19/h3-10,13-14H,11-12,15H2,1-2H3,(H,25,27). The number of benzene rings is 1. The van der Waals surface area contributed by atoms with Crippen molar-refractivity contribution < 1.29 is 9.47 Å². The van der Waals surface area contributed by atoms with Gasteiger partial charge in [-0.1, -0.05) is 13.1 Å². The average Bonchev–Trinajstić information content (AvgIpc) is 3.20. The first-order chi connectivity index (χ1) is 14.6. The second kappa shape index (κ2) is 9.06. The maximum absolute atomic E-state index is 11.4. The Kier molecular flexibility index (Phi) is 6.06. The molecule has 0 aliphatic rings. The van der Waals surface area contributed by atoms with Crippen LogP contribution in [0.25, 0.3) is 22.2 Å². The number of hydrogen-bond donors (Lipinski definition) is 1. The van der Waals surface area contributed by atoms with Crippen molar-refractivity contribution in [3.8, 4) is 22.9 Å². The molecule has 0 aliphatic carbocycles. The van der Waals surface area contributed by atoms with E-state index in [1.807, 2.05) is 35.0 Å². The molecule has 0 spiro atoms. The summed E-state index contributed by atoms with van der Waals surface area (Å²) in [5.74, 6) is 1.14. The molecule has 8 heteroatoms. The molecule has 0 aliphatic heterocycles. The van der Waals surface area contributed by atoms with Crippen LogP contribution in [-0.4, -0.2) is 35.2 Å². The smallest absolute Gasteiger partial charge is 0.248 e. The van der Waals surface area contributed by atoms with E-state index in [-0.39, 0.29) is 14.4 Å². The number of rotatable bonds is 8. The van der Waals surface area contributed by atoms with Gasteiger partial charge in [0.25, 0.3) is 0 Å². The van der Waals surface area contributed by atoms with Crippen molar-refractivity contribution in [2.75, 3.05) is 6.61 Å². The van der Waals surface area contributed by atoms with Crippen molar-refractivity contribution >= 4 is 19.7 Å². The molecular formula is C22H23N4O3Si. The van der Waals surface area contributed by atoms with E-state index in [1.54, 1.807) is 24.5 Å². The van der Waals surface area contributed by atoms with Crippen LogP contribution in [0.4, 0.5) is 0 Å². The van der Waals surface area contributed by atoms with Crippen molar-refractivity contribution in [2.45, 2.75) is 25.9 Å². The topological polar surface area (TPSA) is 82.0 Å². The minimum absolute atomic E-state index is 0.126. The van der Waals surface area contributed by atoms with Crippen LogP contribution in [0.1, 0.15) is 0 Å². The van der Waals surface area contributed by atoms with Crippen LogP contribution in [0.5, 0.6) is 11.6 Å². The van der Waals surface area contributed by atoms with Crippen molar-refractivity contribution in [1.29, 1.82) is 0 Å². The molecule has 7 nitrogen and oxygen atoms in total. The molecule has 0 bridgehead atoms. The van der Waals surface area contributed by atoms with Crippen molar-refractivity contribution in [2.24, 2.45) is 0 Å². The number of nitrogens with one attached hydrogen (secondary N) is 1. The zero-order valence-electron chi connectivity index (χ0n) is 17.0. The molecule has 1 radical (unpaired) electrons. The van der Waals surface area contributed by atoms with Gasteiger partial charge in [0.1, 0.15) is 12.5 Å². The highest BCUT2D eigenvalue weighted by Crippen LogP contribution is 2.25. The number of nitrogens with zero attached hydrogens (tertiary/aromatic N) is 3. The number of aromatic nitrogens is 4. The van der Waals surface area contributed by atoms with E-state index in [0.717, 1.165) is 34.8 Å². The summed E-state index contributed by atoms with van der Waals surface area (Å²) in [6.07, 6.45) is 3.53. The van der Waals surface area contributed by atoms with E-state index >= 15 is 0 Å². The van der Waals surface area contributed by atoms with Gasteiger partial charge in [0.2, 0.25) is 11.4 Å². The SMILES string of the molecule is C[Si](C)CCOCn1nccc1-c1ccc(Oc2ccc3[nH]c(=O)ccc3c2)nc1. The molecular weight excluding hydrogens is 396 g/mol. The van der Waals surface area contributed by atoms with Gasteiger partial charge in [0.15, 0.2) is 0 Å². The molecule has 153 valence electrons. The lowest BCUT2D eigenvalue weighted by Gasteiger charge is -2.10. The lowest BCUT2D eigenvalue weighted by molar-refractivity contribution is 0.0801. The van der Waals surface area contributed by atoms with Crippen LogP contribution in [-0.2, 0) is 11.5 Å². The maximum atomic E-state index is 11.4. The predicted octanol–water partition coefficient (Wildman–Crippen LogP) is 4.31. The van der Waals surface area contributed by atoms with Crippen LogP contribution >= 0.6 is 0 Å². The van der Waals surface area contributed by atoms with E-state index in [1.165, 1.54) is 6.07 Å². The first kappa shape index (κ1) is 20.1. The van der Waals surface area contributed by atoms with Crippen LogP contribution in [0, 0.1) is 0 Å². The Hall–Kier alpha value is -3.23. The summed E-state index contributed by atoms with van der Waals surface area (Å²) in [6.45, 7) is 5.74. The van der Waals surface area contributed by atoms with E-state index in [9.17, 15) is 4.79 Å². The molecule has 0 saturated heterocycles. The predicted molar refractivity (Wildman–Crippen MR) is 118 cm³/mol. The zero-order chi connectivity index (χ0) is 20.9. The fourth-order valence-electron chi connectivity index (χ4n) is 3.02. The van der Waals surface area contributed by atoms with Crippen molar-refractivity contribution in [3.05, 3.63) is 71.3 Å². The lowest BCUT2D eigenvalue weighted by atomic mass is 10.2. The van der Waals surface area contributed by atoms with Gasteiger partial charge in [-0.25, -0.2) is 9.67 Å². The third-order valence-corrected chi connectivity index (χ3v) is 5.83. The van der Waals surface area contributed by atoms with Crippen LogP contribution in [0.2, 0.25) is 19.1 Å². The first-order valence-electron chi connectivity index (χ1n) is 9.74. The molecule has 3 aromatic heterocycles. The second-order valence-corrected chi connectivity index (χ2v) is 10.2. The molecule has 4 aromatic rings. The molecule has 0 saturated carbocycles. The van der Waals surface area contributed by atoms with Crippen LogP contribution < -0.4 is 10.3 Å². The Morgan fingerprint density at radius 2 is 2.00 bits per heavy atom. The van der Waals surface area contributed by atoms with Crippen LogP contribution in [0.15, 0.2) is 65.7 Å². The summed E-state index contributed by atoms with van der Waals surface area (Å²) in [7, 11) is -0.275. The van der Waals surface area contributed by atoms with Crippen molar-refractivity contribution in [3.63, 3.8) is 0 Å². The van der Waals surface area contributed by atoms with Gasteiger partial charge < -0.3 is 14.5 Å². The fraction of sp³-hybridized carbons (Fsp3) is 0.227. The summed E-state index contributed by atoms with van der Waals surface area (Å²) in [5.41, 5.74) is 2.53. The Morgan fingerprint density at radius 3 is 2.80 bits per heavy atom. The van der Waals surface area contributed by atoms with Gasteiger partial charge in [0.05, 0.1) is 5.69 Å². The Bertz CT molecular complexity index is 1180. The monoisotopic (exact) mass is 419 g/mol. The van der Waals surface area contributed by atoms with Gasteiger partial charge in [-0.3, -0.25) is 4.79 Å². The normalized spacial score (nSPS) is 11.3. The summed E-state index contributed by atoms with van der Waals surface area (Å²) >= 11 is 0. The van der Waals surface area contributed by atoms with E-state index < -0.39 is 0 Å². The molecule has 0 unspecified atom stereocenters. The quantitative estimate of drug-likeness (QED) is 0.340. The first-order valence-corrected chi connectivity index (χ1v) is 12.5. The molecule has 30 heavy (non-hydrogen) atoms. The number of hydrogen-bond acceptors (Lipinski definition) is 5. The van der Waals surface area contributed by atoms with Gasteiger partial charge in [0, 0.05) is 56.4 Å². The number of ether oxygens (including phenoxy) is 2. The van der Waals surface area contributed by atoms with E-state index in [4.69, 9.17) is 9.47 Å². The molecule has 1 aromatic carbocycles. The van der Waals surface area contributed by atoms with Gasteiger partial charge in [-0.15, -0.1) is 0 Å². The minimum atomic E-state index is -0.275. The third-order valence-electron chi connectivity index (χ3n) is 4.63. The van der Waals surface area contributed by atoms with Crippen molar-refractivity contribution in [1.82, 2.24) is 19.7 Å². The molecule has 0 fully saturated rings. The summed E-state index contributed by atoms with van der Waals surface area (Å²) in [5, 5.41) is 5.25. The molecule has 3 heterocycles. The zero-order valence-corrected chi connectivity index (χ0v) is 18.0. The Morgan fingerprint density at radius 1 is 1.10 bits per heavy atom. The number of H-pyrrole nitrogens is 1. The summed E-state index contributed by atoms with van der Waals surface area (Å²) in [6, 6.07) is 15.6. The highest BCUT2D eigenvalue weighted by molar-refractivity contribution is 6.55. The second-order valence-electron chi connectivity index (χ2n) is 7.27. The number of fused-ring (bicyclic) bond motifs is 1. The number of aromatic amines is 1. The molecule has 0 amide bonds. The summed E-state index contributed by atoms with van der Waals surface area (Å²) < 4.78 is 13.5. The molecule has 4 rings (SSSR count). The van der Waals surface area contributed by atoms with Gasteiger partial charge >= 0.3 is 0 Å². The molecule has 1 N–H and O–H groups in total. The highest BCUT2D eigenvalue weighted by Gasteiger charge is 2.08. The maximum Gasteiger partial charge on any atom is 0.248 e. The minimum Gasteiger partial charge on any atom is -0.439 e. The number of pyridine rings is 2. The Labute approximate surface area is 175 Å². The lowest BCUT2D eigenvalue weighted by Crippen LogP contribution is -2.10. The average molecular weight is 420 g/mol. The third kappa shape index (κ3) is 4.84. The van der Waals surface area contributed by atoms with Gasteiger partial charge in [-0.05, 0) is 42.4 Å². The molecule has 0 atom stereocenters. The van der Waals surface area contributed by atoms with E-state index in [0.29, 0.717) is 18.4 Å². The van der Waals surface area contributed by atoms with E-state index in [2.05, 4.69) is 28.2 Å². The largest absolute Gasteiger partial charge is 0.439 e. The Balaban J connectivity index is 1.44. The van der Waals surface area contributed by atoms with Crippen LogP contribution in [0.3, 0.4) is 0 Å².